The van der Waals surface area contributed by atoms with Crippen LogP contribution in [0.2, 0.25) is 5.02 Å². The molecule has 122 valence electrons. The Morgan fingerprint density at radius 3 is 2.42 bits per heavy atom. The smallest absolute Gasteiger partial charge is 0.321 e. The van der Waals surface area contributed by atoms with Crippen LogP contribution < -0.4 is 10.2 Å². The summed E-state index contributed by atoms with van der Waals surface area (Å²) in [5, 5.41) is 12.3. The maximum absolute atomic E-state index is 12.3. The Labute approximate surface area is 145 Å². The minimum atomic E-state index is -0.121. The number of carbonyl (C=O) groups excluding carboxylic acids is 1. The second-order valence-corrected chi connectivity index (χ2v) is 5.86. The monoisotopic (exact) mass is 341 g/mol. The van der Waals surface area contributed by atoms with Crippen molar-refractivity contribution < 1.29 is 4.79 Å². The van der Waals surface area contributed by atoms with Crippen LogP contribution >= 0.6 is 11.6 Å². The van der Waals surface area contributed by atoms with Crippen LogP contribution in [0, 0.1) is 11.3 Å². The standard InChI is InChI=1S/C17H16ClN5O/c18-14-2-4-15(5-3-14)21-17(24)23-9-7-22(8-10-23)16-6-1-13(11-19)12-20-16/h1-6,12H,7-10H2,(H,21,24). The van der Waals surface area contributed by atoms with Crippen molar-refractivity contribution >= 4 is 29.1 Å². The molecule has 0 aliphatic carbocycles. The molecule has 0 atom stereocenters. The number of urea groups is 1. The van der Waals surface area contributed by atoms with Crippen LogP contribution in [0.1, 0.15) is 5.56 Å². The third-order valence-corrected chi connectivity index (χ3v) is 4.12. The molecule has 2 aromatic rings. The Hall–Kier alpha value is -2.78. The predicted molar refractivity (Wildman–Crippen MR) is 93.2 cm³/mol. The highest BCUT2D eigenvalue weighted by atomic mass is 35.5. The van der Waals surface area contributed by atoms with Gasteiger partial charge in [-0.1, -0.05) is 11.6 Å². The van der Waals surface area contributed by atoms with Gasteiger partial charge in [0.25, 0.3) is 0 Å². The molecule has 3 rings (SSSR count). The van der Waals surface area contributed by atoms with Crippen LogP contribution in [0.15, 0.2) is 42.6 Å². The largest absolute Gasteiger partial charge is 0.353 e. The SMILES string of the molecule is N#Cc1ccc(N2CCN(C(=O)Nc3ccc(Cl)cc3)CC2)nc1. The number of halogens is 1. The van der Waals surface area contributed by atoms with Crippen molar-refractivity contribution in [1.29, 1.82) is 5.26 Å². The summed E-state index contributed by atoms with van der Waals surface area (Å²) in [7, 11) is 0. The van der Waals surface area contributed by atoms with E-state index in [1.807, 2.05) is 6.07 Å². The molecule has 1 aromatic heterocycles. The second kappa shape index (κ2) is 7.20. The highest BCUT2D eigenvalue weighted by molar-refractivity contribution is 6.30. The molecule has 6 nitrogen and oxygen atoms in total. The second-order valence-electron chi connectivity index (χ2n) is 5.43. The first-order chi connectivity index (χ1) is 11.7. The molecule has 1 N–H and O–H groups in total. The van der Waals surface area contributed by atoms with Crippen LogP contribution in [0.4, 0.5) is 16.3 Å². The fourth-order valence-corrected chi connectivity index (χ4v) is 2.64. The van der Waals surface area contributed by atoms with E-state index in [0.29, 0.717) is 36.8 Å². The average Bonchev–Trinajstić information content (AvgIpc) is 2.64. The molecule has 1 saturated heterocycles. The maximum Gasteiger partial charge on any atom is 0.321 e. The number of carbonyl (C=O) groups is 1. The van der Waals surface area contributed by atoms with Gasteiger partial charge >= 0.3 is 6.03 Å². The third kappa shape index (κ3) is 3.76. The Morgan fingerprint density at radius 1 is 1.12 bits per heavy atom. The number of hydrogen-bond acceptors (Lipinski definition) is 4. The van der Waals surface area contributed by atoms with Crippen LogP contribution in [-0.4, -0.2) is 42.1 Å². The molecule has 7 heteroatoms. The number of nitrogens with zero attached hydrogens (tertiary/aromatic N) is 4. The van der Waals surface area contributed by atoms with Crippen molar-refractivity contribution in [3.63, 3.8) is 0 Å². The van der Waals surface area contributed by atoms with Gasteiger partial charge in [0.05, 0.1) is 5.56 Å². The van der Waals surface area contributed by atoms with Crippen LogP contribution in [0.5, 0.6) is 0 Å². The number of piperazine rings is 1. The van der Waals surface area contributed by atoms with Gasteiger partial charge in [-0.25, -0.2) is 9.78 Å². The van der Waals surface area contributed by atoms with Crippen LogP contribution in [-0.2, 0) is 0 Å². The van der Waals surface area contributed by atoms with Gasteiger partial charge in [-0.3, -0.25) is 0 Å². The summed E-state index contributed by atoms with van der Waals surface area (Å²) in [6, 6.07) is 12.6. The summed E-state index contributed by atoms with van der Waals surface area (Å²) in [4.78, 5) is 20.5. The minimum Gasteiger partial charge on any atom is -0.353 e. The van der Waals surface area contributed by atoms with Crippen molar-refractivity contribution in [3.05, 3.63) is 53.2 Å². The topological polar surface area (TPSA) is 72.3 Å². The molecule has 0 radical (unpaired) electrons. The highest BCUT2D eigenvalue weighted by Gasteiger charge is 2.21. The molecule has 1 aromatic carbocycles. The molecule has 24 heavy (non-hydrogen) atoms. The molecule has 1 aliphatic heterocycles. The van der Waals surface area contributed by atoms with Gasteiger partial charge in [0.15, 0.2) is 0 Å². The lowest BCUT2D eigenvalue weighted by Gasteiger charge is -2.35. The highest BCUT2D eigenvalue weighted by Crippen LogP contribution is 2.16. The van der Waals surface area contributed by atoms with Gasteiger partial charge in [0.2, 0.25) is 0 Å². The van der Waals surface area contributed by atoms with Gasteiger partial charge in [0, 0.05) is 43.1 Å². The van der Waals surface area contributed by atoms with Gasteiger partial charge in [-0.15, -0.1) is 0 Å². The summed E-state index contributed by atoms with van der Waals surface area (Å²) in [6.45, 7) is 2.63. The molecule has 0 saturated carbocycles. The Bertz CT molecular complexity index is 746. The Kier molecular flexibility index (Phi) is 4.82. The number of nitrogens with one attached hydrogen (secondary N) is 1. The lowest BCUT2D eigenvalue weighted by molar-refractivity contribution is 0.208. The van der Waals surface area contributed by atoms with E-state index in [0.717, 1.165) is 11.5 Å². The van der Waals surface area contributed by atoms with Crippen molar-refractivity contribution in [2.45, 2.75) is 0 Å². The lowest BCUT2D eigenvalue weighted by Crippen LogP contribution is -2.50. The molecule has 0 spiro atoms. The van der Waals surface area contributed by atoms with Crippen LogP contribution in [0.3, 0.4) is 0 Å². The molecule has 2 heterocycles. The van der Waals surface area contributed by atoms with E-state index in [2.05, 4.69) is 21.3 Å². The first-order valence-corrected chi connectivity index (χ1v) is 7.96. The van der Waals surface area contributed by atoms with Crippen molar-refractivity contribution in [2.75, 3.05) is 36.4 Å². The number of nitriles is 1. The summed E-state index contributed by atoms with van der Waals surface area (Å²) < 4.78 is 0. The first-order valence-electron chi connectivity index (χ1n) is 7.58. The van der Waals surface area contributed by atoms with Gasteiger partial charge < -0.3 is 15.1 Å². The summed E-state index contributed by atoms with van der Waals surface area (Å²) in [5.41, 5.74) is 1.26. The van der Waals surface area contributed by atoms with Gasteiger partial charge in [-0.2, -0.15) is 5.26 Å². The zero-order valence-corrected chi connectivity index (χ0v) is 13.7. The first kappa shape index (κ1) is 16.1. The number of pyridine rings is 1. The molecular weight excluding hydrogens is 326 g/mol. The number of benzene rings is 1. The van der Waals surface area contributed by atoms with E-state index in [1.165, 1.54) is 0 Å². The number of amides is 2. The third-order valence-electron chi connectivity index (χ3n) is 3.86. The lowest BCUT2D eigenvalue weighted by atomic mass is 10.2. The number of rotatable bonds is 2. The number of hydrogen-bond donors (Lipinski definition) is 1. The van der Waals surface area contributed by atoms with E-state index in [1.54, 1.807) is 41.4 Å². The molecule has 1 fully saturated rings. The fourth-order valence-electron chi connectivity index (χ4n) is 2.51. The molecule has 0 unspecified atom stereocenters. The maximum atomic E-state index is 12.3. The van der Waals surface area contributed by atoms with Gasteiger partial charge in [0.1, 0.15) is 11.9 Å². The zero-order chi connectivity index (χ0) is 16.9. The average molecular weight is 342 g/mol. The normalized spacial score (nSPS) is 14.2. The minimum absolute atomic E-state index is 0.121. The van der Waals surface area contributed by atoms with Crippen molar-refractivity contribution in [2.24, 2.45) is 0 Å². The van der Waals surface area contributed by atoms with Gasteiger partial charge in [-0.05, 0) is 36.4 Å². The predicted octanol–water partition coefficient (Wildman–Crippen LogP) is 2.96. The number of anilines is 2. The summed E-state index contributed by atoms with van der Waals surface area (Å²) in [5.74, 6) is 0.826. The van der Waals surface area contributed by atoms with E-state index >= 15 is 0 Å². The molecule has 2 amide bonds. The van der Waals surface area contributed by atoms with Crippen molar-refractivity contribution in [3.8, 4) is 6.07 Å². The van der Waals surface area contributed by atoms with E-state index in [4.69, 9.17) is 16.9 Å². The molecule has 1 aliphatic rings. The van der Waals surface area contributed by atoms with E-state index in [9.17, 15) is 4.79 Å². The fraction of sp³-hybridized carbons (Fsp3) is 0.235. The van der Waals surface area contributed by atoms with Crippen LogP contribution in [0.25, 0.3) is 0 Å². The summed E-state index contributed by atoms with van der Waals surface area (Å²) in [6.07, 6.45) is 1.56. The summed E-state index contributed by atoms with van der Waals surface area (Å²) >= 11 is 5.84. The molecular formula is C17H16ClN5O. The van der Waals surface area contributed by atoms with Crippen molar-refractivity contribution in [1.82, 2.24) is 9.88 Å². The van der Waals surface area contributed by atoms with E-state index in [-0.39, 0.29) is 6.03 Å². The Balaban J connectivity index is 1.55. The van der Waals surface area contributed by atoms with E-state index < -0.39 is 0 Å². The number of aromatic nitrogens is 1. The molecule has 0 bridgehead atoms. The quantitative estimate of drug-likeness (QED) is 0.911. The zero-order valence-electron chi connectivity index (χ0n) is 12.9. The Morgan fingerprint density at radius 2 is 1.83 bits per heavy atom.